The van der Waals surface area contributed by atoms with Crippen molar-refractivity contribution in [2.75, 3.05) is 0 Å². The van der Waals surface area contributed by atoms with E-state index in [1.807, 2.05) is 54.6 Å². The first-order valence-electron chi connectivity index (χ1n) is 18.5. The van der Waals surface area contributed by atoms with Gasteiger partial charge in [0, 0.05) is 19.3 Å². The van der Waals surface area contributed by atoms with Crippen molar-refractivity contribution in [3.63, 3.8) is 0 Å². The van der Waals surface area contributed by atoms with Gasteiger partial charge in [-0.2, -0.15) is 0 Å². The number of carbonyl (C=O) groups is 6. The first-order valence-corrected chi connectivity index (χ1v) is 18.5. The average Bonchev–Trinajstić information content (AvgIpc) is 3.21. The van der Waals surface area contributed by atoms with Crippen molar-refractivity contribution in [3.8, 4) is 11.1 Å². The summed E-state index contributed by atoms with van der Waals surface area (Å²) in [5, 5.41) is 10.2. The van der Waals surface area contributed by atoms with Gasteiger partial charge in [-0.3, -0.25) is 28.8 Å². The molecule has 5 aromatic rings. The van der Waals surface area contributed by atoms with E-state index in [9.17, 15) is 33.2 Å². The van der Waals surface area contributed by atoms with Gasteiger partial charge in [-0.05, 0) is 46.4 Å². The van der Waals surface area contributed by atoms with Crippen LogP contribution in [0.25, 0.3) is 11.1 Å². The minimum Gasteiger partial charge on any atom is -0.368 e. The van der Waals surface area contributed by atoms with Crippen LogP contribution in [0.5, 0.6) is 0 Å². The fourth-order valence-electron chi connectivity index (χ4n) is 6.18. The molecule has 12 heteroatoms. The number of ketones is 1. The van der Waals surface area contributed by atoms with Crippen LogP contribution in [0.15, 0.2) is 140 Å². The molecule has 0 aliphatic rings. The molecular weight excluding hydrogens is 726 g/mol. The number of nitrogens with one attached hydrogen (secondary N) is 4. The summed E-state index contributed by atoms with van der Waals surface area (Å²) in [5.41, 5.74) is 9.87. The summed E-state index contributed by atoms with van der Waals surface area (Å²) < 4.78 is 14.8. The monoisotopic (exact) mass is 769 g/mol. The van der Waals surface area contributed by atoms with E-state index < -0.39 is 65.3 Å². The van der Waals surface area contributed by atoms with Crippen molar-refractivity contribution >= 4 is 35.3 Å². The van der Waals surface area contributed by atoms with E-state index >= 15 is 0 Å². The van der Waals surface area contributed by atoms with Crippen molar-refractivity contribution in [3.05, 3.63) is 168 Å². The summed E-state index contributed by atoms with van der Waals surface area (Å²) in [6.45, 7) is 1.29. The summed E-state index contributed by atoms with van der Waals surface area (Å²) >= 11 is 0. The molecule has 0 aliphatic carbocycles. The van der Waals surface area contributed by atoms with Gasteiger partial charge in [0.25, 0.3) is 5.91 Å². The Balaban J connectivity index is 1.27. The van der Waals surface area contributed by atoms with Crippen LogP contribution in [0.4, 0.5) is 4.39 Å². The highest BCUT2D eigenvalue weighted by molar-refractivity contribution is 6.38. The predicted molar refractivity (Wildman–Crippen MR) is 214 cm³/mol. The van der Waals surface area contributed by atoms with Crippen LogP contribution in [0.2, 0.25) is 0 Å². The first-order chi connectivity index (χ1) is 27.5. The third-order valence-corrected chi connectivity index (χ3v) is 9.28. The number of amides is 5. The molecule has 5 aromatic carbocycles. The molecule has 0 spiro atoms. The summed E-state index contributed by atoms with van der Waals surface area (Å²) in [4.78, 5) is 79.6. The van der Waals surface area contributed by atoms with Crippen LogP contribution in [-0.2, 0) is 54.5 Å². The standard InChI is InChI=1S/C45H44FN5O6/c1-29(48-43(55)38(26-30-13-5-2-6-14-30)49-40(52)27-31-15-7-3-8-16-31)41(53)45(57)51-39(28-35-19-11-12-20-36(35)46)44(56)50-37(42(47)54)25-32-21-23-34(24-22-32)33-17-9-4-10-18-33/h2-24,29,37-39H,25-28H2,1H3,(H2,47,54)(H,48,55)(H,49,52)(H,50,56)(H,51,57)/t29?,37-,38-,39-/m0/s1. The quantitative estimate of drug-likeness (QED) is 0.0848. The molecule has 0 saturated heterocycles. The maximum absolute atomic E-state index is 14.8. The number of hydrogen-bond donors (Lipinski definition) is 5. The van der Waals surface area contributed by atoms with Crippen molar-refractivity contribution in [1.82, 2.24) is 21.3 Å². The fourth-order valence-corrected chi connectivity index (χ4v) is 6.18. The molecule has 0 bridgehead atoms. The number of nitrogens with two attached hydrogens (primary N) is 1. The number of primary amides is 1. The van der Waals surface area contributed by atoms with Crippen molar-refractivity contribution in [2.45, 2.75) is 56.8 Å². The second-order valence-corrected chi connectivity index (χ2v) is 13.6. The van der Waals surface area contributed by atoms with Gasteiger partial charge < -0.3 is 27.0 Å². The minimum absolute atomic E-state index is 0.0128. The Bertz CT molecular complexity index is 2170. The molecule has 0 aliphatic heterocycles. The van der Waals surface area contributed by atoms with Crippen LogP contribution in [0, 0.1) is 5.82 Å². The lowest BCUT2D eigenvalue weighted by Crippen LogP contribution is -2.57. The molecule has 6 N–H and O–H groups in total. The van der Waals surface area contributed by atoms with Crippen molar-refractivity contribution in [1.29, 1.82) is 0 Å². The molecular formula is C45H44FN5O6. The van der Waals surface area contributed by atoms with Crippen molar-refractivity contribution in [2.24, 2.45) is 5.73 Å². The van der Waals surface area contributed by atoms with E-state index in [1.165, 1.54) is 25.1 Å². The second-order valence-electron chi connectivity index (χ2n) is 13.6. The zero-order valence-electron chi connectivity index (χ0n) is 31.3. The number of carbonyl (C=O) groups excluding carboxylic acids is 6. The maximum atomic E-state index is 14.8. The Hall–Kier alpha value is -6.95. The Labute approximate surface area is 330 Å². The van der Waals surface area contributed by atoms with Crippen LogP contribution < -0.4 is 27.0 Å². The molecule has 4 atom stereocenters. The molecule has 0 aromatic heterocycles. The Morgan fingerprint density at radius 1 is 0.526 bits per heavy atom. The molecule has 0 fully saturated rings. The summed E-state index contributed by atoms with van der Waals surface area (Å²) in [7, 11) is 0. The van der Waals surface area contributed by atoms with E-state index in [0.717, 1.165) is 22.3 Å². The highest BCUT2D eigenvalue weighted by Crippen LogP contribution is 2.20. The molecule has 0 radical (unpaired) electrons. The molecule has 5 rings (SSSR count). The largest absolute Gasteiger partial charge is 0.368 e. The predicted octanol–water partition coefficient (Wildman–Crippen LogP) is 3.78. The highest BCUT2D eigenvalue weighted by Gasteiger charge is 2.32. The third-order valence-electron chi connectivity index (χ3n) is 9.28. The van der Waals surface area contributed by atoms with Gasteiger partial charge in [-0.25, -0.2) is 4.39 Å². The Morgan fingerprint density at radius 3 is 1.63 bits per heavy atom. The first kappa shape index (κ1) is 41.2. The zero-order valence-corrected chi connectivity index (χ0v) is 31.3. The van der Waals surface area contributed by atoms with Crippen LogP contribution in [-0.4, -0.2) is 59.5 Å². The molecule has 1 unspecified atom stereocenters. The molecule has 5 amide bonds. The number of rotatable bonds is 18. The molecule has 292 valence electrons. The van der Waals surface area contributed by atoms with Gasteiger partial charge in [0.05, 0.1) is 12.5 Å². The highest BCUT2D eigenvalue weighted by atomic mass is 19.1. The molecule has 57 heavy (non-hydrogen) atoms. The van der Waals surface area contributed by atoms with E-state index in [1.54, 1.807) is 66.7 Å². The lowest BCUT2D eigenvalue weighted by molar-refractivity contribution is -0.141. The summed E-state index contributed by atoms with van der Waals surface area (Å²) in [5.74, 6) is -5.86. The van der Waals surface area contributed by atoms with E-state index in [-0.39, 0.29) is 31.2 Å². The van der Waals surface area contributed by atoms with Crippen LogP contribution in [0.3, 0.4) is 0 Å². The smallest absolute Gasteiger partial charge is 0.290 e. The number of hydrogen-bond acceptors (Lipinski definition) is 6. The van der Waals surface area contributed by atoms with Gasteiger partial charge >= 0.3 is 0 Å². The fraction of sp³-hybridized carbons (Fsp3) is 0.200. The lowest BCUT2D eigenvalue weighted by Gasteiger charge is -2.24. The number of Topliss-reactive ketones (excluding diaryl/α,β-unsaturated/α-hetero) is 1. The molecule has 11 nitrogen and oxygen atoms in total. The van der Waals surface area contributed by atoms with E-state index in [4.69, 9.17) is 5.73 Å². The van der Waals surface area contributed by atoms with E-state index in [2.05, 4.69) is 21.3 Å². The normalized spacial score (nSPS) is 12.9. The minimum atomic E-state index is -1.52. The van der Waals surface area contributed by atoms with Gasteiger partial charge in [0.2, 0.25) is 29.4 Å². The number of halogens is 1. The Kier molecular flexibility index (Phi) is 14.5. The van der Waals surface area contributed by atoms with Gasteiger partial charge in [0.15, 0.2) is 0 Å². The van der Waals surface area contributed by atoms with Gasteiger partial charge in [0.1, 0.15) is 23.9 Å². The van der Waals surface area contributed by atoms with Crippen LogP contribution in [0.1, 0.15) is 29.2 Å². The lowest BCUT2D eigenvalue weighted by atomic mass is 9.99. The molecule has 0 saturated carbocycles. The summed E-state index contributed by atoms with van der Waals surface area (Å²) in [6, 6.07) is 35.3. The third kappa shape index (κ3) is 12.3. The maximum Gasteiger partial charge on any atom is 0.290 e. The topological polar surface area (TPSA) is 177 Å². The molecule has 0 heterocycles. The van der Waals surface area contributed by atoms with Crippen molar-refractivity contribution < 1.29 is 33.2 Å². The second kappa shape index (κ2) is 20.1. The van der Waals surface area contributed by atoms with Gasteiger partial charge in [-0.1, -0.05) is 133 Å². The Morgan fingerprint density at radius 2 is 1.02 bits per heavy atom. The SMILES string of the molecule is CC(NC(=O)[C@H](Cc1ccccc1)NC(=O)Cc1ccccc1)C(=O)C(=O)N[C@@H](Cc1ccccc1F)C(=O)N[C@@H](Cc1ccc(-c2ccccc2)cc1)C(N)=O. The average molecular weight is 770 g/mol. The van der Waals surface area contributed by atoms with E-state index in [0.29, 0.717) is 5.56 Å². The summed E-state index contributed by atoms with van der Waals surface area (Å²) in [6.07, 6.45) is -0.241. The van der Waals surface area contributed by atoms with Crippen LogP contribution >= 0.6 is 0 Å². The zero-order chi connectivity index (χ0) is 40.7. The number of benzene rings is 5. The van der Waals surface area contributed by atoms with Gasteiger partial charge in [-0.15, -0.1) is 0 Å².